The Bertz CT molecular complexity index is 477. The first-order valence-electron chi connectivity index (χ1n) is 8.19. The lowest BCUT2D eigenvalue weighted by atomic mass is 9.95. The molecule has 1 aromatic carbocycles. The molecule has 1 aliphatic heterocycles. The molecule has 1 saturated carbocycles. The van der Waals surface area contributed by atoms with Crippen LogP contribution in [0.3, 0.4) is 0 Å². The van der Waals surface area contributed by atoms with Gasteiger partial charge >= 0.3 is 0 Å². The molecule has 0 bridgehead atoms. The molecule has 4 nitrogen and oxygen atoms in total. The predicted octanol–water partition coefficient (Wildman–Crippen LogP) is 2.16. The van der Waals surface area contributed by atoms with Crippen molar-refractivity contribution < 1.29 is 4.79 Å². The standard InChI is InChI=1S/C17H25N3O/c21-17(19-15-6-2-1-3-7-15)14-5-4-8-16(13-14)20-11-9-18-10-12-20/h4-5,8,13,15,18H,1-3,6-7,9-12H2,(H,19,21). The lowest BCUT2D eigenvalue weighted by molar-refractivity contribution is 0.0927. The number of carbonyl (C=O) groups is 1. The Labute approximate surface area is 126 Å². The van der Waals surface area contributed by atoms with E-state index in [0.717, 1.165) is 50.3 Å². The molecule has 3 rings (SSSR count). The van der Waals surface area contributed by atoms with Crippen molar-refractivity contribution in [1.82, 2.24) is 10.6 Å². The largest absolute Gasteiger partial charge is 0.369 e. The number of amides is 1. The summed E-state index contributed by atoms with van der Waals surface area (Å²) < 4.78 is 0. The quantitative estimate of drug-likeness (QED) is 0.895. The maximum atomic E-state index is 12.4. The van der Waals surface area contributed by atoms with Gasteiger partial charge in [0.1, 0.15) is 0 Å². The first-order valence-corrected chi connectivity index (χ1v) is 8.19. The number of piperazine rings is 1. The van der Waals surface area contributed by atoms with Crippen LogP contribution in [0, 0.1) is 0 Å². The lowest BCUT2D eigenvalue weighted by Gasteiger charge is -2.29. The minimum Gasteiger partial charge on any atom is -0.369 e. The zero-order valence-corrected chi connectivity index (χ0v) is 12.6. The van der Waals surface area contributed by atoms with E-state index in [1.165, 1.54) is 19.3 Å². The first-order chi connectivity index (χ1) is 10.3. The van der Waals surface area contributed by atoms with Crippen molar-refractivity contribution in [2.24, 2.45) is 0 Å². The minimum atomic E-state index is 0.0823. The molecule has 1 amide bonds. The van der Waals surface area contributed by atoms with Gasteiger partial charge in [-0.25, -0.2) is 0 Å². The Balaban J connectivity index is 1.65. The molecule has 114 valence electrons. The fourth-order valence-electron chi connectivity index (χ4n) is 3.28. The van der Waals surface area contributed by atoms with Gasteiger partial charge < -0.3 is 15.5 Å². The van der Waals surface area contributed by atoms with Gasteiger partial charge in [0.15, 0.2) is 0 Å². The van der Waals surface area contributed by atoms with Crippen LogP contribution in [-0.4, -0.2) is 38.1 Å². The van der Waals surface area contributed by atoms with Crippen LogP contribution < -0.4 is 15.5 Å². The molecule has 2 fully saturated rings. The van der Waals surface area contributed by atoms with Crippen LogP contribution in [0.25, 0.3) is 0 Å². The fourth-order valence-corrected chi connectivity index (χ4v) is 3.28. The van der Waals surface area contributed by atoms with Crippen LogP contribution in [0.2, 0.25) is 0 Å². The SMILES string of the molecule is O=C(NC1CCCCC1)c1cccc(N2CCNCC2)c1. The highest BCUT2D eigenvalue weighted by Crippen LogP contribution is 2.20. The molecule has 1 aliphatic carbocycles. The van der Waals surface area contributed by atoms with Gasteiger partial charge in [-0.3, -0.25) is 4.79 Å². The molecule has 1 aromatic rings. The molecule has 4 heteroatoms. The summed E-state index contributed by atoms with van der Waals surface area (Å²) in [6, 6.07) is 8.41. The van der Waals surface area contributed by atoms with E-state index in [9.17, 15) is 4.79 Å². The summed E-state index contributed by atoms with van der Waals surface area (Å²) in [5.74, 6) is 0.0823. The average molecular weight is 287 g/mol. The van der Waals surface area contributed by atoms with Crippen molar-refractivity contribution in [1.29, 1.82) is 0 Å². The summed E-state index contributed by atoms with van der Waals surface area (Å²) in [5, 5.41) is 6.55. The summed E-state index contributed by atoms with van der Waals surface area (Å²) in [5.41, 5.74) is 1.95. The fraction of sp³-hybridized carbons (Fsp3) is 0.588. The normalized spacial score (nSPS) is 20.3. The van der Waals surface area contributed by atoms with Gasteiger partial charge in [-0.1, -0.05) is 25.3 Å². The molecule has 2 aliphatic rings. The third-order valence-corrected chi connectivity index (χ3v) is 4.53. The number of hydrogen-bond donors (Lipinski definition) is 2. The van der Waals surface area contributed by atoms with Crippen LogP contribution in [0.1, 0.15) is 42.5 Å². The van der Waals surface area contributed by atoms with Crippen molar-refractivity contribution in [3.05, 3.63) is 29.8 Å². The number of nitrogens with zero attached hydrogens (tertiary/aromatic N) is 1. The van der Waals surface area contributed by atoms with E-state index in [1.807, 2.05) is 18.2 Å². The van der Waals surface area contributed by atoms with Gasteiger partial charge in [0, 0.05) is 43.5 Å². The third-order valence-electron chi connectivity index (χ3n) is 4.53. The van der Waals surface area contributed by atoms with Crippen molar-refractivity contribution in [2.75, 3.05) is 31.1 Å². The van der Waals surface area contributed by atoms with Crippen molar-refractivity contribution in [2.45, 2.75) is 38.1 Å². The van der Waals surface area contributed by atoms with E-state index in [4.69, 9.17) is 0 Å². The Hall–Kier alpha value is -1.55. The minimum absolute atomic E-state index is 0.0823. The zero-order chi connectivity index (χ0) is 14.5. The number of nitrogens with one attached hydrogen (secondary N) is 2. The third kappa shape index (κ3) is 3.76. The van der Waals surface area contributed by atoms with E-state index in [2.05, 4.69) is 21.6 Å². The first kappa shape index (κ1) is 14.4. The average Bonchev–Trinajstić information content (AvgIpc) is 2.57. The van der Waals surface area contributed by atoms with Crippen molar-refractivity contribution in [3.63, 3.8) is 0 Å². The molecule has 0 atom stereocenters. The van der Waals surface area contributed by atoms with Gasteiger partial charge in [-0.2, -0.15) is 0 Å². The topological polar surface area (TPSA) is 44.4 Å². The molecule has 0 radical (unpaired) electrons. The molecule has 1 saturated heterocycles. The maximum absolute atomic E-state index is 12.4. The highest BCUT2D eigenvalue weighted by atomic mass is 16.1. The highest BCUT2D eigenvalue weighted by Gasteiger charge is 2.17. The Kier molecular flexibility index (Phi) is 4.76. The van der Waals surface area contributed by atoms with Gasteiger partial charge in [-0.05, 0) is 31.0 Å². The summed E-state index contributed by atoms with van der Waals surface area (Å²) in [6.07, 6.45) is 6.05. The second-order valence-electron chi connectivity index (χ2n) is 6.10. The van der Waals surface area contributed by atoms with E-state index in [0.29, 0.717) is 6.04 Å². The summed E-state index contributed by atoms with van der Waals surface area (Å²) in [7, 11) is 0. The van der Waals surface area contributed by atoms with Gasteiger partial charge in [0.05, 0.1) is 0 Å². The highest BCUT2D eigenvalue weighted by molar-refractivity contribution is 5.95. The molecule has 0 spiro atoms. The predicted molar refractivity (Wildman–Crippen MR) is 85.9 cm³/mol. The number of anilines is 1. The second kappa shape index (κ2) is 6.94. The maximum Gasteiger partial charge on any atom is 0.251 e. The van der Waals surface area contributed by atoms with Crippen LogP contribution in [0.5, 0.6) is 0 Å². The summed E-state index contributed by atoms with van der Waals surface area (Å²) in [4.78, 5) is 14.7. The lowest BCUT2D eigenvalue weighted by Crippen LogP contribution is -2.43. The van der Waals surface area contributed by atoms with E-state index in [1.54, 1.807) is 0 Å². The zero-order valence-electron chi connectivity index (χ0n) is 12.6. The summed E-state index contributed by atoms with van der Waals surface area (Å²) >= 11 is 0. The van der Waals surface area contributed by atoms with Crippen LogP contribution >= 0.6 is 0 Å². The van der Waals surface area contributed by atoms with Gasteiger partial charge in [-0.15, -0.1) is 0 Å². The molecular weight excluding hydrogens is 262 g/mol. The van der Waals surface area contributed by atoms with E-state index in [-0.39, 0.29) is 5.91 Å². The van der Waals surface area contributed by atoms with E-state index >= 15 is 0 Å². The molecule has 1 heterocycles. The Morgan fingerprint density at radius 1 is 1.14 bits per heavy atom. The van der Waals surface area contributed by atoms with Crippen LogP contribution in [0.15, 0.2) is 24.3 Å². The molecule has 0 unspecified atom stereocenters. The number of carbonyl (C=O) groups excluding carboxylic acids is 1. The van der Waals surface area contributed by atoms with E-state index < -0.39 is 0 Å². The molecule has 21 heavy (non-hydrogen) atoms. The van der Waals surface area contributed by atoms with Gasteiger partial charge in [0.25, 0.3) is 5.91 Å². The number of rotatable bonds is 3. The van der Waals surface area contributed by atoms with Crippen molar-refractivity contribution in [3.8, 4) is 0 Å². The Morgan fingerprint density at radius 3 is 2.67 bits per heavy atom. The smallest absolute Gasteiger partial charge is 0.251 e. The molecule has 0 aromatic heterocycles. The summed E-state index contributed by atoms with van der Waals surface area (Å²) in [6.45, 7) is 4.04. The van der Waals surface area contributed by atoms with Crippen LogP contribution in [-0.2, 0) is 0 Å². The molecule has 2 N–H and O–H groups in total. The number of hydrogen-bond acceptors (Lipinski definition) is 3. The Morgan fingerprint density at radius 2 is 1.90 bits per heavy atom. The molecular formula is C17H25N3O. The van der Waals surface area contributed by atoms with Crippen LogP contribution in [0.4, 0.5) is 5.69 Å². The van der Waals surface area contributed by atoms with Crippen molar-refractivity contribution >= 4 is 11.6 Å². The van der Waals surface area contributed by atoms with Gasteiger partial charge in [0.2, 0.25) is 0 Å². The monoisotopic (exact) mass is 287 g/mol. The number of benzene rings is 1. The second-order valence-corrected chi connectivity index (χ2v) is 6.10.